The van der Waals surface area contributed by atoms with E-state index in [1.165, 1.54) is 0 Å². The van der Waals surface area contributed by atoms with Gasteiger partial charge in [-0.15, -0.1) is 0 Å². The number of carbonyl (C=O) groups excluding carboxylic acids is 1. The number of hydrogen-bond donors (Lipinski definition) is 1. The summed E-state index contributed by atoms with van der Waals surface area (Å²) >= 11 is 0. The number of nitrogen functional groups attached to an aromatic ring is 1. The van der Waals surface area contributed by atoms with Crippen LogP contribution in [0.3, 0.4) is 0 Å². The number of anilines is 1. The third-order valence-electron chi connectivity index (χ3n) is 3.43. The fraction of sp³-hybridized carbons (Fsp3) is 0.0500. The highest BCUT2D eigenvalue weighted by Crippen LogP contribution is 2.28. The summed E-state index contributed by atoms with van der Waals surface area (Å²) in [4.78, 5) is 12.2. The highest BCUT2D eigenvalue weighted by atomic mass is 16.5. The maximum Gasteiger partial charge on any atom is 0.338 e. The summed E-state index contributed by atoms with van der Waals surface area (Å²) in [7, 11) is 0. The Kier molecular flexibility index (Phi) is 4.77. The van der Waals surface area contributed by atoms with Crippen molar-refractivity contribution in [2.45, 2.75) is 6.61 Å². The molecule has 0 atom stereocenters. The first-order valence-corrected chi connectivity index (χ1v) is 7.56. The van der Waals surface area contributed by atoms with Crippen LogP contribution in [0, 0.1) is 0 Å². The highest BCUT2D eigenvalue weighted by molar-refractivity contribution is 5.90. The summed E-state index contributed by atoms with van der Waals surface area (Å²) in [5.41, 5.74) is 7.71. The lowest BCUT2D eigenvalue weighted by Gasteiger charge is -2.10. The van der Waals surface area contributed by atoms with Gasteiger partial charge in [-0.1, -0.05) is 48.5 Å². The zero-order valence-corrected chi connectivity index (χ0v) is 13.0. The van der Waals surface area contributed by atoms with Crippen molar-refractivity contribution in [2.24, 2.45) is 0 Å². The number of benzene rings is 3. The predicted molar refractivity (Wildman–Crippen MR) is 92.9 cm³/mol. The Labute approximate surface area is 140 Å². The Balaban J connectivity index is 1.71. The van der Waals surface area contributed by atoms with E-state index >= 15 is 0 Å². The summed E-state index contributed by atoms with van der Waals surface area (Å²) in [6.45, 7) is 0.221. The molecule has 0 spiro atoms. The number of nitrogens with two attached hydrogens (primary N) is 1. The average Bonchev–Trinajstić information content (AvgIpc) is 2.63. The number of hydrogen-bond acceptors (Lipinski definition) is 4. The van der Waals surface area contributed by atoms with Gasteiger partial charge in [0.25, 0.3) is 0 Å². The van der Waals surface area contributed by atoms with E-state index in [9.17, 15) is 4.79 Å². The first-order valence-electron chi connectivity index (χ1n) is 7.56. The molecule has 4 nitrogen and oxygen atoms in total. The molecule has 0 heterocycles. The Morgan fingerprint density at radius 3 is 2.25 bits per heavy atom. The van der Waals surface area contributed by atoms with Crippen molar-refractivity contribution >= 4 is 11.7 Å². The minimum absolute atomic E-state index is 0.221. The topological polar surface area (TPSA) is 61.6 Å². The van der Waals surface area contributed by atoms with E-state index in [0.29, 0.717) is 22.7 Å². The lowest BCUT2D eigenvalue weighted by atomic mass is 10.2. The number of para-hydroxylation sites is 1. The largest absolute Gasteiger partial charge is 0.457 e. The van der Waals surface area contributed by atoms with E-state index in [1.54, 1.807) is 18.2 Å². The molecule has 0 aliphatic rings. The zero-order valence-electron chi connectivity index (χ0n) is 13.0. The third-order valence-corrected chi connectivity index (χ3v) is 3.43. The van der Waals surface area contributed by atoms with Crippen LogP contribution in [0.4, 0.5) is 5.69 Å². The zero-order chi connectivity index (χ0) is 16.8. The van der Waals surface area contributed by atoms with Gasteiger partial charge in [-0.3, -0.25) is 0 Å². The van der Waals surface area contributed by atoms with Crippen molar-refractivity contribution in [3.63, 3.8) is 0 Å². The fourth-order valence-corrected chi connectivity index (χ4v) is 2.17. The molecule has 3 aromatic carbocycles. The first kappa shape index (κ1) is 15.6. The van der Waals surface area contributed by atoms with E-state index in [-0.39, 0.29) is 6.61 Å². The fourth-order valence-electron chi connectivity index (χ4n) is 2.17. The van der Waals surface area contributed by atoms with Crippen molar-refractivity contribution in [3.05, 3.63) is 90.0 Å². The SMILES string of the molecule is Nc1ccc(C(=O)OCc2ccccc2)cc1Oc1ccccc1. The minimum atomic E-state index is -0.420. The smallest absolute Gasteiger partial charge is 0.338 e. The van der Waals surface area contributed by atoms with Crippen molar-refractivity contribution in [1.82, 2.24) is 0 Å². The van der Waals surface area contributed by atoms with Gasteiger partial charge in [0.1, 0.15) is 12.4 Å². The van der Waals surface area contributed by atoms with Gasteiger partial charge in [0.2, 0.25) is 0 Å². The van der Waals surface area contributed by atoms with E-state index in [4.69, 9.17) is 15.2 Å². The highest BCUT2D eigenvalue weighted by Gasteiger charge is 2.11. The molecular weight excluding hydrogens is 302 g/mol. The van der Waals surface area contributed by atoms with Gasteiger partial charge in [0.05, 0.1) is 11.3 Å². The van der Waals surface area contributed by atoms with Crippen molar-refractivity contribution in [1.29, 1.82) is 0 Å². The van der Waals surface area contributed by atoms with Crippen LogP contribution in [-0.4, -0.2) is 5.97 Å². The Morgan fingerprint density at radius 1 is 0.875 bits per heavy atom. The molecule has 120 valence electrons. The van der Waals surface area contributed by atoms with Gasteiger partial charge in [0, 0.05) is 0 Å². The monoisotopic (exact) mass is 319 g/mol. The number of ether oxygens (including phenoxy) is 2. The second-order valence-electron chi connectivity index (χ2n) is 5.23. The number of carbonyl (C=O) groups is 1. The molecule has 0 aliphatic heterocycles. The molecule has 0 bridgehead atoms. The average molecular weight is 319 g/mol. The second kappa shape index (κ2) is 7.33. The number of rotatable bonds is 5. The van der Waals surface area contributed by atoms with E-state index in [2.05, 4.69) is 0 Å². The summed E-state index contributed by atoms with van der Waals surface area (Å²) in [6.07, 6.45) is 0. The summed E-state index contributed by atoms with van der Waals surface area (Å²) in [5.74, 6) is 0.658. The molecule has 0 amide bonds. The van der Waals surface area contributed by atoms with Crippen molar-refractivity contribution in [2.75, 3.05) is 5.73 Å². The molecule has 0 radical (unpaired) electrons. The van der Waals surface area contributed by atoms with Gasteiger partial charge in [0.15, 0.2) is 5.75 Å². The Bertz CT molecular complexity index is 817. The van der Waals surface area contributed by atoms with Gasteiger partial charge in [-0.05, 0) is 35.9 Å². The molecular formula is C20H17NO3. The van der Waals surface area contributed by atoms with Crippen LogP contribution in [0.2, 0.25) is 0 Å². The molecule has 2 N–H and O–H groups in total. The molecule has 24 heavy (non-hydrogen) atoms. The minimum Gasteiger partial charge on any atom is -0.457 e. The summed E-state index contributed by atoms with van der Waals surface area (Å²) in [6, 6.07) is 23.6. The maximum absolute atomic E-state index is 12.2. The molecule has 3 aromatic rings. The third kappa shape index (κ3) is 3.93. The molecule has 0 fully saturated rings. The second-order valence-corrected chi connectivity index (χ2v) is 5.23. The lowest BCUT2D eigenvalue weighted by molar-refractivity contribution is 0.0472. The molecule has 3 rings (SSSR count). The summed E-state index contributed by atoms with van der Waals surface area (Å²) < 4.78 is 11.1. The first-order chi connectivity index (χ1) is 11.7. The standard InChI is InChI=1S/C20H17NO3/c21-18-12-11-16(13-19(18)24-17-9-5-2-6-10-17)20(22)23-14-15-7-3-1-4-8-15/h1-13H,14,21H2. The molecule has 0 aromatic heterocycles. The normalized spacial score (nSPS) is 10.2. The van der Waals surface area contributed by atoms with Crippen LogP contribution in [-0.2, 0) is 11.3 Å². The van der Waals surface area contributed by atoms with E-state index in [0.717, 1.165) is 5.56 Å². The molecule has 0 aliphatic carbocycles. The number of esters is 1. The van der Waals surface area contributed by atoms with Crippen LogP contribution in [0.5, 0.6) is 11.5 Å². The van der Waals surface area contributed by atoms with Crippen LogP contribution in [0.25, 0.3) is 0 Å². The summed E-state index contributed by atoms with van der Waals surface area (Å²) in [5, 5.41) is 0. The lowest BCUT2D eigenvalue weighted by Crippen LogP contribution is -2.06. The van der Waals surface area contributed by atoms with Crippen LogP contribution < -0.4 is 10.5 Å². The molecule has 0 unspecified atom stereocenters. The maximum atomic E-state index is 12.2. The Morgan fingerprint density at radius 2 is 1.54 bits per heavy atom. The van der Waals surface area contributed by atoms with Gasteiger partial charge in [-0.25, -0.2) is 4.79 Å². The van der Waals surface area contributed by atoms with Crippen molar-refractivity contribution < 1.29 is 14.3 Å². The van der Waals surface area contributed by atoms with Gasteiger partial charge in [-0.2, -0.15) is 0 Å². The van der Waals surface area contributed by atoms with Gasteiger partial charge >= 0.3 is 5.97 Å². The molecule has 0 saturated heterocycles. The molecule has 0 saturated carbocycles. The van der Waals surface area contributed by atoms with Crippen LogP contribution in [0.15, 0.2) is 78.9 Å². The molecule has 4 heteroatoms. The van der Waals surface area contributed by atoms with Crippen LogP contribution in [0.1, 0.15) is 15.9 Å². The quantitative estimate of drug-likeness (QED) is 0.558. The van der Waals surface area contributed by atoms with Crippen molar-refractivity contribution in [3.8, 4) is 11.5 Å². The van der Waals surface area contributed by atoms with E-state index in [1.807, 2.05) is 60.7 Å². The van der Waals surface area contributed by atoms with Crippen LogP contribution >= 0.6 is 0 Å². The van der Waals surface area contributed by atoms with Gasteiger partial charge < -0.3 is 15.2 Å². The predicted octanol–water partition coefficient (Wildman–Crippen LogP) is 4.42. The Hall–Kier alpha value is -3.27. The van der Waals surface area contributed by atoms with E-state index < -0.39 is 5.97 Å².